The fourth-order valence-corrected chi connectivity index (χ4v) is 4.23. The third-order valence-electron chi connectivity index (χ3n) is 5.81. The fraction of sp³-hybridized carbons (Fsp3) is 0.250. The minimum absolute atomic E-state index is 0.142. The Balaban J connectivity index is 1.50. The van der Waals surface area contributed by atoms with E-state index in [-0.39, 0.29) is 23.6 Å². The lowest BCUT2D eigenvalue weighted by Gasteiger charge is -2.31. The second kappa shape index (κ2) is 8.30. The molecule has 3 aromatic rings. The van der Waals surface area contributed by atoms with Gasteiger partial charge >= 0.3 is 0 Å². The van der Waals surface area contributed by atoms with Crippen LogP contribution in [0.1, 0.15) is 22.5 Å². The third-order valence-corrected chi connectivity index (χ3v) is 5.81. The Morgan fingerprint density at radius 1 is 1.16 bits per heavy atom. The number of rotatable bonds is 4. The minimum Gasteiger partial charge on any atom is -0.497 e. The van der Waals surface area contributed by atoms with E-state index in [1.165, 1.54) is 18.6 Å². The van der Waals surface area contributed by atoms with Gasteiger partial charge in [-0.3, -0.25) is 14.6 Å². The van der Waals surface area contributed by atoms with Crippen LogP contribution in [0.15, 0.2) is 67.1 Å². The summed E-state index contributed by atoms with van der Waals surface area (Å²) in [5, 5.41) is 0. The highest BCUT2D eigenvalue weighted by Crippen LogP contribution is 2.37. The molecule has 1 fully saturated rings. The quantitative estimate of drug-likeness (QED) is 0.633. The molecule has 2 bridgehead atoms. The number of fused-ring (bicyclic) bond motifs is 3. The van der Waals surface area contributed by atoms with E-state index >= 15 is 0 Å². The average molecular weight is 430 g/mol. The molecule has 0 N–H and O–H groups in total. The van der Waals surface area contributed by atoms with Crippen LogP contribution in [-0.4, -0.2) is 52.5 Å². The zero-order valence-corrected chi connectivity index (χ0v) is 17.5. The molecule has 0 radical (unpaired) electrons. The molecule has 1 saturated heterocycles. The highest BCUT2D eigenvalue weighted by molar-refractivity contribution is 6.03. The third kappa shape index (κ3) is 3.64. The number of amides is 2. The second-order valence-electron chi connectivity index (χ2n) is 7.78. The summed E-state index contributed by atoms with van der Waals surface area (Å²) in [7, 11) is 1.61. The first-order valence-corrected chi connectivity index (χ1v) is 10.4. The van der Waals surface area contributed by atoms with Crippen LogP contribution in [-0.2, 0) is 11.3 Å². The van der Waals surface area contributed by atoms with Gasteiger partial charge in [-0.25, -0.2) is 4.98 Å². The first-order chi connectivity index (χ1) is 15.6. The maximum absolute atomic E-state index is 13.8. The van der Waals surface area contributed by atoms with Gasteiger partial charge in [0.25, 0.3) is 5.91 Å². The number of likely N-dealkylation sites (tertiary alicyclic amines) is 1. The van der Waals surface area contributed by atoms with E-state index in [4.69, 9.17) is 9.47 Å². The Hall–Kier alpha value is -3.94. The van der Waals surface area contributed by atoms with Crippen molar-refractivity contribution in [3.63, 3.8) is 0 Å². The van der Waals surface area contributed by atoms with Crippen LogP contribution in [0.2, 0.25) is 0 Å². The van der Waals surface area contributed by atoms with Gasteiger partial charge in [-0.05, 0) is 29.8 Å². The Morgan fingerprint density at radius 2 is 1.97 bits per heavy atom. The maximum atomic E-state index is 13.8. The van der Waals surface area contributed by atoms with E-state index in [1.807, 2.05) is 48.5 Å². The van der Waals surface area contributed by atoms with Crippen molar-refractivity contribution in [1.29, 1.82) is 0 Å². The van der Waals surface area contributed by atoms with Gasteiger partial charge in [-0.2, -0.15) is 0 Å². The van der Waals surface area contributed by atoms with Gasteiger partial charge in [0.15, 0.2) is 0 Å². The number of aromatic nitrogens is 2. The van der Waals surface area contributed by atoms with E-state index < -0.39 is 6.04 Å². The first kappa shape index (κ1) is 20.0. The molecule has 3 heterocycles. The van der Waals surface area contributed by atoms with Crippen molar-refractivity contribution >= 4 is 17.5 Å². The summed E-state index contributed by atoms with van der Waals surface area (Å²) < 4.78 is 11.5. The first-order valence-electron chi connectivity index (χ1n) is 10.4. The molecule has 5 rings (SSSR count). The average Bonchev–Trinajstić information content (AvgIpc) is 3.27. The summed E-state index contributed by atoms with van der Waals surface area (Å²) in [5.74, 6) is 0.914. The summed E-state index contributed by atoms with van der Waals surface area (Å²) in [4.78, 5) is 38.3. The van der Waals surface area contributed by atoms with E-state index in [2.05, 4.69) is 9.97 Å². The lowest BCUT2D eigenvalue weighted by Crippen LogP contribution is -2.48. The lowest BCUT2D eigenvalue weighted by molar-refractivity contribution is -0.122. The van der Waals surface area contributed by atoms with Gasteiger partial charge in [0.1, 0.15) is 29.3 Å². The monoisotopic (exact) mass is 430 g/mol. The predicted molar refractivity (Wildman–Crippen MR) is 117 cm³/mol. The van der Waals surface area contributed by atoms with Crippen molar-refractivity contribution in [2.45, 2.75) is 25.1 Å². The van der Waals surface area contributed by atoms with Crippen LogP contribution in [0.25, 0.3) is 0 Å². The van der Waals surface area contributed by atoms with Crippen molar-refractivity contribution in [2.24, 2.45) is 0 Å². The van der Waals surface area contributed by atoms with Crippen molar-refractivity contribution in [3.8, 4) is 11.5 Å². The van der Waals surface area contributed by atoms with Crippen molar-refractivity contribution in [2.75, 3.05) is 18.6 Å². The molecule has 2 atom stereocenters. The molecule has 1 aromatic heterocycles. The second-order valence-corrected chi connectivity index (χ2v) is 7.78. The van der Waals surface area contributed by atoms with E-state index in [0.29, 0.717) is 30.9 Å². The zero-order chi connectivity index (χ0) is 22.1. The molecule has 162 valence electrons. The van der Waals surface area contributed by atoms with E-state index in [1.54, 1.807) is 16.9 Å². The van der Waals surface area contributed by atoms with Gasteiger partial charge < -0.3 is 19.3 Å². The summed E-state index contributed by atoms with van der Waals surface area (Å²) in [6.07, 6.45) is 4.56. The Kier molecular flexibility index (Phi) is 5.18. The number of ether oxygens (including phenoxy) is 2. The minimum atomic E-state index is -0.638. The highest BCUT2D eigenvalue weighted by atomic mass is 16.5. The standard InChI is InChI=1S/C24H22N4O4/c1-31-17-8-6-16(7-9-17)14-27-20-4-2-3-5-22(20)32-18-12-21(24(27)30)28(15-18)23(29)19-13-25-10-11-26-19/h2-11,13,18,21H,12,14-15H2,1H3. The van der Waals surface area contributed by atoms with E-state index in [0.717, 1.165) is 11.3 Å². The Labute approximate surface area is 185 Å². The van der Waals surface area contributed by atoms with Gasteiger partial charge in [0.05, 0.1) is 32.1 Å². The molecule has 2 amide bonds. The number of carbonyl (C=O) groups is 2. The molecule has 0 saturated carbocycles. The molecule has 8 heteroatoms. The molecule has 2 unspecified atom stereocenters. The van der Waals surface area contributed by atoms with Gasteiger partial charge in [-0.15, -0.1) is 0 Å². The molecule has 2 aromatic carbocycles. The largest absolute Gasteiger partial charge is 0.497 e. The van der Waals surface area contributed by atoms with E-state index in [9.17, 15) is 9.59 Å². The highest BCUT2D eigenvalue weighted by Gasteiger charge is 2.45. The molecule has 0 aliphatic carbocycles. The summed E-state index contributed by atoms with van der Waals surface area (Å²) >= 11 is 0. The molecule has 0 spiro atoms. The summed E-state index contributed by atoms with van der Waals surface area (Å²) in [5.41, 5.74) is 1.84. The lowest BCUT2D eigenvalue weighted by atomic mass is 10.1. The molecule has 2 aliphatic rings. The van der Waals surface area contributed by atoms with Crippen LogP contribution >= 0.6 is 0 Å². The number of nitrogens with zero attached hydrogens (tertiary/aromatic N) is 4. The van der Waals surface area contributed by atoms with Crippen LogP contribution in [0.3, 0.4) is 0 Å². The van der Waals surface area contributed by atoms with Crippen LogP contribution in [0.4, 0.5) is 5.69 Å². The van der Waals surface area contributed by atoms with Crippen LogP contribution < -0.4 is 14.4 Å². The van der Waals surface area contributed by atoms with Gasteiger partial charge in [-0.1, -0.05) is 24.3 Å². The number of para-hydroxylation sites is 2. The fourth-order valence-electron chi connectivity index (χ4n) is 4.23. The number of carbonyl (C=O) groups excluding carboxylic acids is 2. The molecular weight excluding hydrogens is 408 g/mol. The van der Waals surface area contributed by atoms with Gasteiger partial charge in [0, 0.05) is 18.8 Å². The smallest absolute Gasteiger partial charge is 0.274 e. The maximum Gasteiger partial charge on any atom is 0.274 e. The summed E-state index contributed by atoms with van der Waals surface area (Å²) in [6.45, 7) is 0.661. The van der Waals surface area contributed by atoms with Crippen LogP contribution in [0, 0.1) is 0 Å². The molecular formula is C24H22N4O4. The number of hydrogen-bond donors (Lipinski definition) is 0. The topological polar surface area (TPSA) is 84.9 Å². The predicted octanol–water partition coefficient (Wildman–Crippen LogP) is 2.69. The molecule has 32 heavy (non-hydrogen) atoms. The number of hydrogen-bond acceptors (Lipinski definition) is 6. The number of methoxy groups -OCH3 is 1. The van der Waals surface area contributed by atoms with Crippen molar-refractivity contribution < 1.29 is 19.1 Å². The molecule has 8 nitrogen and oxygen atoms in total. The van der Waals surface area contributed by atoms with Gasteiger partial charge in [0.2, 0.25) is 5.91 Å². The number of anilines is 1. The molecule has 2 aliphatic heterocycles. The zero-order valence-electron chi connectivity index (χ0n) is 17.5. The SMILES string of the molecule is COc1ccc(CN2C(=O)C3CC(CN3C(=O)c3cnccn3)Oc3ccccc32)cc1. The Bertz CT molecular complexity index is 1140. The van der Waals surface area contributed by atoms with Crippen molar-refractivity contribution in [3.05, 3.63) is 78.4 Å². The normalized spacial score (nSPS) is 19.6. The van der Waals surface area contributed by atoms with Crippen LogP contribution in [0.5, 0.6) is 11.5 Å². The Morgan fingerprint density at radius 3 is 2.72 bits per heavy atom. The number of benzene rings is 2. The van der Waals surface area contributed by atoms with Crippen molar-refractivity contribution in [1.82, 2.24) is 14.9 Å². The summed E-state index contributed by atoms with van der Waals surface area (Å²) in [6, 6.07) is 14.4.